The fraction of sp³-hybridized carbons (Fsp3) is 0.929. The summed E-state index contributed by atoms with van der Waals surface area (Å²) >= 11 is 0. The number of aliphatic hydroxyl groups is 1. The van der Waals surface area contributed by atoms with Crippen LogP contribution in [-0.2, 0) is 4.79 Å². The van der Waals surface area contributed by atoms with Gasteiger partial charge in [-0.2, -0.15) is 0 Å². The monoisotopic (exact) mass is 241 g/mol. The molecular formula is C14H27NO2. The number of carbonyl (C=O) groups excluding carboxylic acids is 1. The number of ketones is 1. The molecule has 0 spiro atoms. The van der Waals surface area contributed by atoms with E-state index in [1.807, 2.05) is 0 Å². The van der Waals surface area contributed by atoms with Crippen LogP contribution in [0.5, 0.6) is 0 Å². The van der Waals surface area contributed by atoms with Crippen LogP contribution >= 0.6 is 0 Å². The van der Waals surface area contributed by atoms with Gasteiger partial charge in [-0.05, 0) is 45.7 Å². The Labute approximate surface area is 105 Å². The topological polar surface area (TPSA) is 40.5 Å². The number of hydrogen-bond donors (Lipinski definition) is 1. The molecule has 1 aliphatic rings. The molecule has 0 heterocycles. The van der Waals surface area contributed by atoms with Gasteiger partial charge >= 0.3 is 0 Å². The molecule has 17 heavy (non-hydrogen) atoms. The summed E-state index contributed by atoms with van der Waals surface area (Å²) in [6.07, 6.45) is 8.52. The third-order valence-electron chi connectivity index (χ3n) is 3.66. The number of nitrogens with zero attached hydrogens (tertiary/aromatic N) is 1. The van der Waals surface area contributed by atoms with Crippen molar-refractivity contribution >= 4 is 5.78 Å². The average Bonchev–Trinajstić information content (AvgIpc) is 2.51. The molecular weight excluding hydrogens is 214 g/mol. The van der Waals surface area contributed by atoms with Crippen LogP contribution in [0.25, 0.3) is 0 Å². The highest BCUT2D eigenvalue weighted by Crippen LogP contribution is 2.20. The van der Waals surface area contributed by atoms with E-state index in [1.165, 1.54) is 12.8 Å². The lowest BCUT2D eigenvalue weighted by molar-refractivity contribution is -0.123. The third kappa shape index (κ3) is 6.18. The first-order valence-corrected chi connectivity index (χ1v) is 7.06. The SMILES string of the molecule is CN(CCCCCO)CC1CCCCCC1=O. The Morgan fingerprint density at radius 3 is 2.82 bits per heavy atom. The molecule has 100 valence electrons. The lowest BCUT2D eigenvalue weighted by Gasteiger charge is -2.22. The minimum Gasteiger partial charge on any atom is -0.396 e. The zero-order valence-electron chi connectivity index (χ0n) is 11.2. The minimum atomic E-state index is 0.278. The molecule has 0 aromatic carbocycles. The molecule has 1 aliphatic carbocycles. The second-order valence-electron chi connectivity index (χ2n) is 5.31. The van der Waals surface area contributed by atoms with Crippen LogP contribution in [0, 0.1) is 5.92 Å². The fourth-order valence-corrected chi connectivity index (χ4v) is 2.56. The van der Waals surface area contributed by atoms with Crippen LogP contribution in [0.15, 0.2) is 0 Å². The number of hydrogen-bond acceptors (Lipinski definition) is 3. The second kappa shape index (κ2) is 8.65. The first-order chi connectivity index (χ1) is 8.24. The molecule has 0 aromatic heterocycles. The van der Waals surface area contributed by atoms with Gasteiger partial charge in [-0.3, -0.25) is 4.79 Å². The van der Waals surface area contributed by atoms with Crippen LogP contribution < -0.4 is 0 Å². The van der Waals surface area contributed by atoms with E-state index in [9.17, 15) is 4.79 Å². The molecule has 1 unspecified atom stereocenters. The quantitative estimate of drug-likeness (QED) is 0.549. The van der Waals surface area contributed by atoms with Gasteiger partial charge in [-0.25, -0.2) is 0 Å². The summed E-state index contributed by atoms with van der Waals surface area (Å²) in [5.74, 6) is 0.755. The van der Waals surface area contributed by atoms with E-state index < -0.39 is 0 Å². The van der Waals surface area contributed by atoms with Crippen molar-refractivity contribution in [2.45, 2.75) is 51.4 Å². The van der Waals surface area contributed by atoms with E-state index >= 15 is 0 Å². The summed E-state index contributed by atoms with van der Waals surface area (Å²) in [7, 11) is 2.11. The van der Waals surface area contributed by atoms with Crippen molar-refractivity contribution in [1.29, 1.82) is 0 Å². The van der Waals surface area contributed by atoms with E-state index in [1.54, 1.807) is 0 Å². The Kier molecular flexibility index (Phi) is 7.45. The van der Waals surface area contributed by atoms with Gasteiger partial charge in [-0.1, -0.05) is 12.8 Å². The van der Waals surface area contributed by atoms with Crippen molar-refractivity contribution < 1.29 is 9.90 Å². The van der Waals surface area contributed by atoms with Crippen molar-refractivity contribution in [3.05, 3.63) is 0 Å². The molecule has 0 radical (unpaired) electrons. The maximum absolute atomic E-state index is 11.9. The van der Waals surface area contributed by atoms with Crippen LogP contribution in [0.2, 0.25) is 0 Å². The Morgan fingerprint density at radius 2 is 2.06 bits per heavy atom. The predicted octanol–water partition coefficient (Wildman–Crippen LogP) is 2.23. The normalized spacial score (nSPS) is 21.8. The molecule has 0 aromatic rings. The molecule has 0 amide bonds. The van der Waals surface area contributed by atoms with Gasteiger partial charge in [0.1, 0.15) is 5.78 Å². The second-order valence-corrected chi connectivity index (χ2v) is 5.31. The molecule has 1 rings (SSSR count). The van der Waals surface area contributed by atoms with Gasteiger partial charge in [0, 0.05) is 25.5 Å². The Morgan fingerprint density at radius 1 is 1.24 bits per heavy atom. The van der Waals surface area contributed by atoms with Crippen LogP contribution in [0.4, 0.5) is 0 Å². The summed E-state index contributed by atoms with van der Waals surface area (Å²) in [6.45, 7) is 2.27. The summed E-state index contributed by atoms with van der Waals surface area (Å²) in [5.41, 5.74) is 0. The highest BCUT2D eigenvalue weighted by atomic mass is 16.2. The van der Waals surface area contributed by atoms with E-state index in [2.05, 4.69) is 11.9 Å². The van der Waals surface area contributed by atoms with Crippen molar-refractivity contribution in [2.24, 2.45) is 5.92 Å². The zero-order chi connectivity index (χ0) is 12.5. The highest BCUT2D eigenvalue weighted by molar-refractivity contribution is 5.81. The maximum Gasteiger partial charge on any atom is 0.137 e. The van der Waals surface area contributed by atoms with Gasteiger partial charge in [0.15, 0.2) is 0 Å². The van der Waals surface area contributed by atoms with Gasteiger partial charge in [-0.15, -0.1) is 0 Å². The molecule has 1 N–H and O–H groups in total. The van der Waals surface area contributed by atoms with E-state index in [-0.39, 0.29) is 5.92 Å². The summed E-state index contributed by atoms with van der Waals surface area (Å²) < 4.78 is 0. The predicted molar refractivity (Wildman–Crippen MR) is 70.0 cm³/mol. The van der Waals surface area contributed by atoms with E-state index in [0.29, 0.717) is 12.4 Å². The van der Waals surface area contributed by atoms with E-state index in [0.717, 1.165) is 51.6 Å². The molecule has 1 atom stereocenters. The van der Waals surface area contributed by atoms with Gasteiger partial charge < -0.3 is 10.0 Å². The van der Waals surface area contributed by atoms with Gasteiger partial charge in [0.05, 0.1) is 0 Å². The number of rotatable bonds is 7. The number of aliphatic hydroxyl groups excluding tert-OH is 1. The van der Waals surface area contributed by atoms with Crippen LogP contribution in [0.1, 0.15) is 51.4 Å². The fourth-order valence-electron chi connectivity index (χ4n) is 2.56. The molecule has 3 nitrogen and oxygen atoms in total. The number of unbranched alkanes of at least 4 members (excludes halogenated alkanes) is 2. The van der Waals surface area contributed by atoms with Gasteiger partial charge in [0.2, 0.25) is 0 Å². The number of carbonyl (C=O) groups is 1. The molecule has 0 aliphatic heterocycles. The van der Waals surface area contributed by atoms with Crippen molar-refractivity contribution in [1.82, 2.24) is 4.90 Å². The average molecular weight is 241 g/mol. The van der Waals surface area contributed by atoms with Crippen molar-refractivity contribution in [2.75, 3.05) is 26.7 Å². The molecule has 0 bridgehead atoms. The zero-order valence-corrected chi connectivity index (χ0v) is 11.2. The third-order valence-corrected chi connectivity index (χ3v) is 3.66. The van der Waals surface area contributed by atoms with Crippen molar-refractivity contribution in [3.63, 3.8) is 0 Å². The molecule has 3 heteroatoms. The highest BCUT2D eigenvalue weighted by Gasteiger charge is 2.21. The first kappa shape index (κ1) is 14.7. The van der Waals surface area contributed by atoms with Gasteiger partial charge in [0.25, 0.3) is 0 Å². The minimum absolute atomic E-state index is 0.278. The lowest BCUT2D eigenvalue weighted by atomic mass is 9.98. The van der Waals surface area contributed by atoms with Crippen LogP contribution in [-0.4, -0.2) is 42.5 Å². The Balaban J connectivity index is 2.19. The Hall–Kier alpha value is -0.410. The standard InChI is InChI=1S/C14H27NO2/c1-15(10-6-3-7-11-16)12-13-8-4-2-5-9-14(13)17/h13,16H,2-12H2,1H3. The van der Waals surface area contributed by atoms with Crippen molar-refractivity contribution in [3.8, 4) is 0 Å². The first-order valence-electron chi connectivity index (χ1n) is 7.06. The summed E-state index contributed by atoms with van der Waals surface area (Å²) in [6, 6.07) is 0. The largest absolute Gasteiger partial charge is 0.396 e. The van der Waals surface area contributed by atoms with Crippen LogP contribution in [0.3, 0.4) is 0 Å². The summed E-state index contributed by atoms with van der Waals surface area (Å²) in [4.78, 5) is 14.1. The van der Waals surface area contributed by atoms with E-state index in [4.69, 9.17) is 5.11 Å². The lowest BCUT2D eigenvalue weighted by Crippen LogP contribution is -2.30. The molecule has 1 fully saturated rings. The summed E-state index contributed by atoms with van der Waals surface area (Å²) in [5, 5.41) is 8.70. The molecule has 0 saturated heterocycles. The molecule has 1 saturated carbocycles. The smallest absolute Gasteiger partial charge is 0.137 e. The number of Topliss-reactive ketones (excluding diaryl/α,β-unsaturated/α-hetero) is 1. The Bertz CT molecular complexity index is 218. The maximum atomic E-state index is 11.9.